The Morgan fingerprint density at radius 3 is 2.57 bits per heavy atom. The highest BCUT2D eigenvalue weighted by Gasteiger charge is 2.35. The number of nitrogens with two attached hydrogens (primary N) is 2. The van der Waals surface area contributed by atoms with Crippen LogP contribution in [0, 0.1) is 0 Å². The van der Waals surface area contributed by atoms with Gasteiger partial charge >= 0.3 is 0 Å². The molecule has 4 nitrogen and oxygen atoms in total. The first-order valence-electron chi connectivity index (χ1n) is 4.53. The third kappa shape index (κ3) is 2.60. The lowest BCUT2D eigenvalue weighted by atomic mass is 9.99. The molecule has 0 aromatic carbocycles. The predicted molar refractivity (Wildman–Crippen MR) is 46.9 cm³/mol. The maximum atomic E-state index is 12.3. The summed E-state index contributed by atoms with van der Waals surface area (Å²) in [6.45, 7) is 0. The first-order valence-corrected chi connectivity index (χ1v) is 4.53. The monoisotopic (exact) mass is 210 g/mol. The van der Waals surface area contributed by atoms with Crippen LogP contribution in [0.15, 0.2) is 0 Å². The Labute approximate surface area is 81.5 Å². The number of ether oxygens (including phenoxy) is 2. The van der Waals surface area contributed by atoms with Crippen molar-refractivity contribution in [3.05, 3.63) is 0 Å². The van der Waals surface area contributed by atoms with Gasteiger partial charge in [0.2, 0.25) is 0 Å². The van der Waals surface area contributed by atoms with E-state index in [9.17, 15) is 8.78 Å². The molecule has 4 N–H and O–H groups in total. The fraction of sp³-hybridized carbons (Fsp3) is 1.00. The van der Waals surface area contributed by atoms with Gasteiger partial charge in [0.15, 0.2) is 6.29 Å². The van der Waals surface area contributed by atoms with Crippen LogP contribution in [0.3, 0.4) is 0 Å². The minimum absolute atomic E-state index is 0.263. The zero-order chi connectivity index (χ0) is 10.7. The van der Waals surface area contributed by atoms with E-state index < -0.39 is 24.9 Å². The van der Waals surface area contributed by atoms with Crippen LogP contribution >= 0.6 is 0 Å². The average molecular weight is 210 g/mol. The van der Waals surface area contributed by atoms with Crippen molar-refractivity contribution in [3.8, 4) is 0 Å². The van der Waals surface area contributed by atoms with Gasteiger partial charge in [-0.1, -0.05) is 0 Å². The molecule has 0 spiro atoms. The lowest BCUT2D eigenvalue weighted by Crippen LogP contribution is -2.52. The zero-order valence-electron chi connectivity index (χ0n) is 8.03. The Kier molecular flexibility index (Phi) is 4.18. The summed E-state index contributed by atoms with van der Waals surface area (Å²) in [5.41, 5.74) is 10.9. The molecule has 0 amide bonds. The molecular formula is C8H16F2N2O2. The van der Waals surface area contributed by atoms with Crippen molar-refractivity contribution < 1.29 is 18.3 Å². The molecule has 14 heavy (non-hydrogen) atoms. The molecule has 0 aliphatic carbocycles. The minimum atomic E-state index is -2.58. The summed E-state index contributed by atoms with van der Waals surface area (Å²) in [6, 6.07) is -1.53. The summed E-state index contributed by atoms with van der Waals surface area (Å²) in [5, 5.41) is 0. The van der Waals surface area contributed by atoms with Gasteiger partial charge in [-0.3, -0.25) is 0 Å². The van der Waals surface area contributed by atoms with Crippen LogP contribution in [0.1, 0.15) is 12.8 Å². The molecule has 1 saturated heterocycles. The standard InChI is InChI=1S/C8H16F2N2O2/c1-13-8-4(11)2-3-5(14-8)6(12)7(9)10/h4-8H,2-3,11-12H2,1H3/t4-,5?,6?,8+/m1/s1. The maximum absolute atomic E-state index is 12.3. The van der Waals surface area contributed by atoms with Gasteiger partial charge in [0.25, 0.3) is 6.43 Å². The van der Waals surface area contributed by atoms with Crippen molar-refractivity contribution in [2.24, 2.45) is 11.5 Å². The summed E-state index contributed by atoms with van der Waals surface area (Å²) in [5.74, 6) is 0. The second-order valence-electron chi connectivity index (χ2n) is 3.43. The highest BCUT2D eigenvalue weighted by molar-refractivity contribution is 4.83. The average Bonchev–Trinajstić information content (AvgIpc) is 2.17. The van der Waals surface area contributed by atoms with Crippen LogP contribution in [0.25, 0.3) is 0 Å². The van der Waals surface area contributed by atoms with E-state index in [1.165, 1.54) is 7.11 Å². The van der Waals surface area contributed by atoms with Crippen LogP contribution in [0.2, 0.25) is 0 Å². The molecule has 0 aromatic heterocycles. The highest BCUT2D eigenvalue weighted by atomic mass is 19.3. The molecule has 84 valence electrons. The molecule has 0 saturated carbocycles. The number of alkyl halides is 2. The van der Waals surface area contributed by atoms with E-state index in [0.29, 0.717) is 12.8 Å². The maximum Gasteiger partial charge on any atom is 0.256 e. The van der Waals surface area contributed by atoms with Crippen LogP contribution < -0.4 is 11.5 Å². The highest BCUT2D eigenvalue weighted by Crippen LogP contribution is 2.22. The molecule has 2 unspecified atom stereocenters. The fourth-order valence-electron chi connectivity index (χ4n) is 1.51. The summed E-state index contributed by atoms with van der Waals surface area (Å²) in [7, 11) is 1.43. The Morgan fingerprint density at radius 1 is 1.43 bits per heavy atom. The molecule has 0 bridgehead atoms. The van der Waals surface area contributed by atoms with Crippen LogP contribution in [0.4, 0.5) is 8.78 Å². The van der Waals surface area contributed by atoms with Crippen LogP contribution in [0.5, 0.6) is 0 Å². The summed E-state index contributed by atoms with van der Waals surface area (Å²) in [4.78, 5) is 0. The van der Waals surface area contributed by atoms with Gasteiger partial charge < -0.3 is 20.9 Å². The number of methoxy groups -OCH3 is 1. The van der Waals surface area contributed by atoms with Gasteiger partial charge in [-0.15, -0.1) is 0 Å². The van der Waals surface area contributed by atoms with Crippen molar-refractivity contribution in [1.82, 2.24) is 0 Å². The third-order valence-electron chi connectivity index (χ3n) is 2.40. The molecule has 6 heteroatoms. The summed E-state index contributed by atoms with van der Waals surface area (Å²) in [6.07, 6.45) is -2.83. The SMILES string of the molecule is CO[C@H]1OC(C(N)C(F)F)CC[C@H]1N. The van der Waals surface area contributed by atoms with Gasteiger partial charge in [0.05, 0.1) is 18.2 Å². The second kappa shape index (κ2) is 4.97. The van der Waals surface area contributed by atoms with E-state index >= 15 is 0 Å². The summed E-state index contributed by atoms with van der Waals surface area (Å²) < 4.78 is 34.7. The number of hydrogen-bond acceptors (Lipinski definition) is 4. The van der Waals surface area contributed by atoms with Gasteiger partial charge in [0.1, 0.15) is 0 Å². The Bertz CT molecular complexity index is 183. The molecule has 1 heterocycles. The minimum Gasteiger partial charge on any atom is -0.354 e. The molecule has 4 atom stereocenters. The van der Waals surface area contributed by atoms with Gasteiger partial charge in [-0.2, -0.15) is 0 Å². The van der Waals surface area contributed by atoms with Crippen molar-refractivity contribution in [3.63, 3.8) is 0 Å². The lowest BCUT2D eigenvalue weighted by Gasteiger charge is -2.35. The Hall–Kier alpha value is -0.300. The van der Waals surface area contributed by atoms with E-state index in [2.05, 4.69) is 0 Å². The molecule has 0 radical (unpaired) electrons. The summed E-state index contributed by atoms with van der Waals surface area (Å²) >= 11 is 0. The van der Waals surface area contributed by atoms with E-state index in [0.717, 1.165) is 0 Å². The molecule has 1 rings (SSSR count). The molecule has 1 aliphatic rings. The molecule has 1 aliphatic heterocycles. The Balaban J connectivity index is 2.49. The van der Waals surface area contributed by atoms with Crippen molar-refractivity contribution in [1.29, 1.82) is 0 Å². The smallest absolute Gasteiger partial charge is 0.256 e. The van der Waals surface area contributed by atoms with Gasteiger partial charge in [0, 0.05) is 7.11 Å². The van der Waals surface area contributed by atoms with Crippen LogP contribution in [-0.2, 0) is 9.47 Å². The van der Waals surface area contributed by atoms with Crippen LogP contribution in [-0.4, -0.2) is 38.0 Å². The molecule has 0 aromatic rings. The normalized spacial score (nSPS) is 36.0. The van der Waals surface area contributed by atoms with Crippen molar-refractivity contribution in [2.45, 2.75) is 43.7 Å². The largest absolute Gasteiger partial charge is 0.354 e. The first-order chi connectivity index (χ1) is 6.56. The first kappa shape index (κ1) is 11.8. The van der Waals surface area contributed by atoms with E-state index in [1.807, 2.05) is 0 Å². The quantitative estimate of drug-likeness (QED) is 0.691. The number of hydrogen-bond donors (Lipinski definition) is 2. The molecular weight excluding hydrogens is 194 g/mol. The fourth-order valence-corrected chi connectivity index (χ4v) is 1.51. The number of rotatable bonds is 3. The predicted octanol–water partition coefficient (Wildman–Crippen LogP) is 0.0576. The third-order valence-corrected chi connectivity index (χ3v) is 2.40. The topological polar surface area (TPSA) is 70.5 Å². The van der Waals surface area contributed by atoms with E-state index in [-0.39, 0.29) is 6.04 Å². The van der Waals surface area contributed by atoms with Crippen molar-refractivity contribution >= 4 is 0 Å². The van der Waals surface area contributed by atoms with Crippen molar-refractivity contribution in [2.75, 3.05) is 7.11 Å². The Morgan fingerprint density at radius 2 is 2.07 bits per heavy atom. The van der Waals surface area contributed by atoms with E-state index in [1.54, 1.807) is 0 Å². The van der Waals surface area contributed by atoms with E-state index in [4.69, 9.17) is 20.9 Å². The zero-order valence-corrected chi connectivity index (χ0v) is 8.03. The molecule has 1 fully saturated rings. The lowest BCUT2D eigenvalue weighted by molar-refractivity contribution is -0.200. The number of halogens is 2. The van der Waals surface area contributed by atoms with Gasteiger partial charge in [-0.25, -0.2) is 8.78 Å². The second-order valence-corrected chi connectivity index (χ2v) is 3.43. The van der Waals surface area contributed by atoms with Gasteiger partial charge in [-0.05, 0) is 12.8 Å².